The number of anilines is 1. The Labute approximate surface area is 146 Å². The van der Waals surface area contributed by atoms with Crippen molar-refractivity contribution in [2.45, 2.75) is 25.8 Å². The summed E-state index contributed by atoms with van der Waals surface area (Å²) in [5, 5.41) is 14.7. The first-order valence-corrected chi connectivity index (χ1v) is 8.17. The van der Waals surface area contributed by atoms with Gasteiger partial charge in [-0.15, -0.1) is 0 Å². The zero-order valence-corrected chi connectivity index (χ0v) is 14.1. The molecule has 0 aliphatic rings. The summed E-state index contributed by atoms with van der Waals surface area (Å²) in [5.41, 5.74) is 0.588. The van der Waals surface area contributed by atoms with Crippen LogP contribution in [0.2, 0.25) is 0 Å². The van der Waals surface area contributed by atoms with E-state index in [1.807, 2.05) is 37.3 Å². The number of hydrogen-bond acceptors (Lipinski definition) is 4. The molecule has 0 radical (unpaired) electrons. The number of nitrogens with one attached hydrogen (secondary N) is 2. The quantitative estimate of drug-likeness (QED) is 0.651. The molecule has 0 aromatic heterocycles. The molecule has 6 nitrogen and oxygen atoms in total. The van der Waals surface area contributed by atoms with Crippen LogP contribution in [0.1, 0.15) is 19.8 Å². The van der Waals surface area contributed by atoms with Gasteiger partial charge >= 0.3 is 5.97 Å². The lowest BCUT2D eigenvalue weighted by atomic mass is 10.2. The van der Waals surface area contributed by atoms with E-state index in [1.54, 1.807) is 24.3 Å². The van der Waals surface area contributed by atoms with E-state index in [4.69, 9.17) is 9.84 Å². The van der Waals surface area contributed by atoms with Crippen molar-refractivity contribution in [2.24, 2.45) is 0 Å². The summed E-state index contributed by atoms with van der Waals surface area (Å²) in [7, 11) is 0. The summed E-state index contributed by atoms with van der Waals surface area (Å²) >= 11 is 0. The number of para-hydroxylation sites is 1. The second-order valence-corrected chi connectivity index (χ2v) is 5.54. The molecule has 132 valence electrons. The van der Waals surface area contributed by atoms with Crippen LogP contribution in [-0.2, 0) is 9.59 Å². The lowest BCUT2D eigenvalue weighted by molar-refractivity contribution is -0.141. The summed E-state index contributed by atoms with van der Waals surface area (Å²) in [6, 6.07) is 15.4. The highest BCUT2D eigenvalue weighted by Crippen LogP contribution is 2.22. The molecule has 2 aromatic rings. The van der Waals surface area contributed by atoms with E-state index in [9.17, 15) is 9.59 Å². The molecule has 1 atom stereocenters. The van der Waals surface area contributed by atoms with Gasteiger partial charge in [-0.2, -0.15) is 0 Å². The predicted molar refractivity (Wildman–Crippen MR) is 95.9 cm³/mol. The van der Waals surface area contributed by atoms with Gasteiger partial charge in [-0.05, 0) is 49.4 Å². The highest BCUT2D eigenvalue weighted by atomic mass is 16.5. The van der Waals surface area contributed by atoms with Crippen LogP contribution in [0.5, 0.6) is 11.5 Å². The molecule has 6 heteroatoms. The van der Waals surface area contributed by atoms with E-state index in [0.717, 1.165) is 12.2 Å². The minimum absolute atomic E-state index is 0.127. The molecule has 1 amide bonds. The summed E-state index contributed by atoms with van der Waals surface area (Å²) < 4.78 is 5.68. The first-order valence-electron chi connectivity index (χ1n) is 8.17. The topological polar surface area (TPSA) is 87.7 Å². The van der Waals surface area contributed by atoms with Gasteiger partial charge in [0, 0.05) is 5.69 Å². The van der Waals surface area contributed by atoms with E-state index < -0.39 is 12.0 Å². The molecule has 0 heterocycles. The first-order chi connectivity index (χ1) is 12.1. The van der Waals surface area contributed by atoms with Gasteiger partial charge in [0.15, 0.2) is 0 Å². The number of ether oxygens (including phenoxy) is 1. The Morgan fingerprint density at radius 2 is 1.68 bits per heavy atom. The maximum Gasteiger partial charge on any atom is 0.321 e. The molecule has 0 unspecified atom stereocenters. The van der Waals surface area contributed by atoms with Crippen LogP contribution < -0.4 is 15.4 Å². The van der Waals surface area contributed by atoms with Crippen LogP contribution in [0.25, 0.3) is 0 Å². The summed E-state index contributed by atoms with van der Waals surface area (Å²) in [5.74, 6) is -0.00857. The van der Waals surface area contributed by atoms with Crippen molar-refractivity contribution in [1.29, 1.82) is 0 Å². The van der Waals surface area contributed by atoms with Crippen molar-refractivity contribution in [3.05, 3.63) is 54.6 Å². The third-order valence-electron chi connectivity index (χ3n) is 3.45. The van der Waals surface area contributed by atoms with Crippen LogP contribution in [-0.4, -0.2) is 29.6 Å². The Kier molecular flexibility index (Phi) is 6.98. The Morgan fingerprint density at radius 3 is 2.28 bits per heavy atom. The lowest BCUT2D eigenvalue weighted by Gasteiger charge is -2.14. The zero-order chi connectivity index (χ0) is 18.1. The van der Waals surface area contributed by atoms with Crippen molar-refractivity contribution in [2.75, 3.05) is 11.9 Å². The molecule has 0 saturated heterocycles. The Morgan fingerprint density at radius 1 is 1.04 bits per heavy atom. The summed E-state index contributed by atoms with van der Waals surface area (Å²) in [6.07, 6.45) is 0.672. The van der Waals surface area contributed by atoms with E-state index in [1.165, 1.54) is 0 Å². The molecule has 0 aliphatic carbocycles. The number of aliphatic carboxylic acids is 1. The van der Waals surface area contributed by atoms with E-state index in [2.05, 4.69) is 10.6 Å². The van der Waals surface area contributed by atoms with Gasteiger partial charge in [-0.1, -0.05) is 25.1 Å². The second-order valence-electron chi connectivity index (χ2n) is 5.54. The highest BCUT2D eigenvalue weighted by Gasteiger charge is 2.20. The molecule has 0 fully saturated rings. The number of carboxylic acid groups (broad SMARTS) is 1. The molecule has 0 spiro atoms. The van der Waals surface area contributed by atoms with Crippen molar-refractivity contribution in [3.63, 3.8) is 0 Å². The van der Waals surface area contributed by atoms with Gasteiger partial charge in [-0.25, -0.2) is 0 Å². The number of hydrogen-bond donors (Lipinski definition) is 3. The molecule has 0 saturated carbocycles. The third-order valence-corrected chi connectivity index (χ3v) is 3.45. The zero-order valence-electron chi connectivity index (χ0n) is 14.1. The van der Waals surface area contributed by atoms with Gasteiger partial charge in [0.2, 0.25) is 5.91 Å². The first kappa shape index (κ1) is 18.5. The van der Waals surface area contributed by atoms with Crippen LogP contribution in [0.3, 0.4) is 0 Å². The number of carbonyl (C=O) groups is 2. The van der Waals surface area contributed by atoms with E-state index in [-0.39, 0.29) is 12.3 Å². The van der Waals surface area contributed by atoms with Crippen molar-refractivity contribution in [3.8, 4) is 11.5 Å². The Bertz CT molecular complexity index is 686. The number of amides is 1. The minimum Gasteiger partial charge on any atom is -0.480 e. The third kappa shape index (κ3) is 6.27. The predicted octanol–water partition coefficient (Wildman–Crippen LogP) is 3.26. The smallest absolute Gasteiger partial charge is 0.321 e. The average molecular weight is 342 g/mol. The standard InChI is InChI=1S/C19H22N2O4/c1-2-12-20-17(19(23)24)13-18(22)21-14-8-10-16(11-9-14)25-15-6-4-3-5-7-15/h3-11,17,20H,2,12-13H2,1H3,(H,21,22)(H,23,24)/t17-/m0/s1. The molecule has 25 heavy (non-hydrogen) atoms. The number of carboxylic acids is 1. The number of carbonyl (C=O) groups excluding carboxylic acids is 1. The maximum absolute atomic E-state index is 12.0. The SMILES string of the molecule is CCCN[C@@H](CC(=O)Nc1ccc(Oc2ccccc2)cc1)C(=O)O. The van der Waals surface area contributed by atoms with Crippen LogP contribution >= 0.6 is 0 Å². The van der Waals surface area contributed by atoms with Crippen molar-refractivity contribution >= 4 is 17.6 Å². The minimum atomic E-state index is -1.03. The van der Waals surface area contributed by atoms with Gasteiger partial charge < -0.3 is 20.5 Å². The fourth-order valence-electron chi connectivity index (χ4n) is 2.19. The van der Waals surface area contributed by atoms with Gasteiger partial charge in [-0.3, -0.25) is 9.59 Å². The fourth-order valence-corrected chi connectivity index (χ4v) is 2.19. The van der Waals surface area contributed by atoms with E-state index >= 15 is 0 Å². The van der Waals surface area contributed by atoms with Gasteiger partial charge in [0.1, 0.15) is 17.5 Å². The van der Waals surface area contributed by atoms with Crippen LogP contribution in [0.4, 0.5) is 5.69 Å². The molecule has 2 rings (SSSR count). The summed E-state index contributed by atoms with van der Waals surface area (Å²) in [6.45, 7) is 2.49. The van der Waals surface area contributed by atoms with Gasteiger partial charge in [0.05, 0.1) is 6.42 Å². The molecule has 0 bridgehead atoms. The fraction of sp³-hybridized carbons (Fsp3) is 0.263. The van der Waals surface area contributed by atoms with Gasteiger partial charge in [0.25, 0.3) is 0 Å². The van der Waals surface area contributed by atoms with E-state index in [0.29, 0.717) is 18.0 Å². The molecule has 3 N–H and O–H groups in total. The molecular weight excluding hydrogens is 320 g/mol. The Balaban J connectivity index is 1.89. The second kappa shape index (κ2) is 9.44. The normalized spacial score (nSPS) is 11.6. The van der Waals surface area contributed by atoms with Crippen LogP contribution in [0.15, 0.2) is 54.6 Å². The van der Waals surface area contributed by atoms with Crippen molar-refractivity contribution in [1.82, 2.24) is 5.32 Å². The number of benzene rings is 2. The Hall–Kier alpha value is -2.86. The lowest BCUT2D eigenvalue weighted by Crippen LogP contribution is -2.40. The van der Waals surface area contributed by atoms with Crippen LogP contribution in [0, 0.1) is 0 Å². The molecule has 0 aliphatic heterocycles. The van der Waals surface area contributed by atoms with Crippen molar-refractivity contribution < 1.29 is 19.4 Å². The monoisotopic (exact) mass is 342 g/mol. The highest BCUT2D eigenvalue weighted by molar-refractivity contribution is 5.94. The molecular formula is C19H22N2O4. The molecule has 2 aromatic carbocycles. The largest absolute Gasteiger partial charge is 0.480 e. The maximum atomic E-state index is 12.0. The number of rotatable bonds is 9. The average Bonchev–Trinajstić information content (AvgIpc) is 2.61. The summed E-state index contributed by atoms with van der Waals surface area (Å²) in [4.78, 5) is 23.2.